The van der Waals surface area contributed by atoms with Gasteiger partial charge in [-0.15, -0.1) is 0 Å². The molecule has 0 spiro atoms. The maximum atomic E-state index is 13.1. The van der Waals surface area contributed by atoms with Gasteiger partial charge in [-0.1, -0.05) is 45.2 Å². The van der Waals surface area contributed by atoms with Crippen LogP contribution in [0.3, 0.4) is 0 Å². The molecule has 1 amide bonds. The van der Waals surface area contributed by atoms with E-state index in [9.17, 15) is 24.7 Å². The van der Waals surface area contributed by atoms with Crippen molar-refractivity contribution in [1.82, 2.24) is 5.32 Å². The molecule has 1 saturated heterocycles. The van der Waals surface area contributed by atoms with Crippen LogP contribution in [0.5, 0.6) is 0 Å². The first kappa shape index (κ1) is 27.0. The highest BCUT2D eigenvalue weighted by molar-refractivity contribution is 8.14. The molecule has 0 saturated carbocycles. The Morgan fingerprint density at radius 3 is 2.39 bits per heavy atom. The van der Waals surface area contributed by atoms with Gasteiger partial charge in [0.1, 0.15) is 11.9 Å². The van der Waals surface area contributed by atoms with Gasteiger partial charge >= 0.3 is 11.7 Å². The first-order valence-electron chi connectivity index (χ1n) is 9.79. The average molecular weight is 469 g/mol. The molecule has 171 valence electrons. The zero-order chi connectivity index (χ0) is 23.9. The number of hydrogen-bond donors (Lipinski definition) is 1. The number of esters is 1. The molecule has 0 aromatic carbocycles. The number of ether oxygens (including phenoxy) is 1. The molecule has 4 unspecified atom stereocenters. The molecule has 11 heteroatoms. The molecule has 1 aliphatic heterocycles. The van der Waals surface area contributed by atoms with E-state index in [-0.39, 0.29) is 29.0 Å². The van der Waals surface area contributed by atoms with Gasteiger partial charge in [0.15, 0.2) is 5.12 Å². The van der Waals surface area contributed by atoms with Crippen LogP contribution in [-0.2, 0) is 28.3 Å². The van der Waals surface area contributed by atoms with Gasteiger partial charge in [-0.3, -0.25) is 14.4 Å². The van der Waals surface area contributed by atoms with Crippen molar-refractivity contribution in [3.05, 3.63) is 18.2 Å². The van der Waals surface area contributed by atoms with Crippen molar-refractivity contribution in [3.8, 4) is 0 Å². The first-order chi connectivity index (χ1) is 14.3. The van der Waals surface area contributed by atoms with Gasteiger partial charge in [0.25, 0.3) is 5.78 Å². The number of Topliss-reactive ketones (excluding diaryl/α,β-unsaturated/α-hetero) is 1. The van der Waals surface area contributed by atoms with Crippen LogP contribution < -0.4 is 5.32 Å². The lowest BCUT2D eigenvalue weighted by atomic mass is 9.66. The smallest absolute Gasteiger partial charge is 0.442 e. The topological polar surface area (TPSA) is 135 Å². The third-order valence-corrected chi connectivity index (χ3v) is 6.67. The van der Waals surface area contributed by atoms with Gasteiger partial charge in [-0.25, -0.2) is 4.79 Å². The lowest BCUT2D eigenvalue weighted by Crippen LogP contribution is -2.68. The summed E-state index contributed by atoms with van der Waals surface area (Å²) in [5, 5.41) is 1.16. The van der Waals surface area contributed by atoms with Gasteiger partial charge in [0.05, 0.1) is 12.0 Å². The minimum Gasteiger partial charge on any atom is -0.453 e. The third kappa shape index (κ3) is 7.24. The molecule has 0 bridgehead atoms. The van der Waals surface area contributed by atoms with E-state index in [1.54, 1.807) is 0 Å². The Kier molecular flexibility index (Phi) is 10.0. The zero-order valence-corrected chi connectivity index (χ0v) is 20.6. The highest BCUT2D eigenvalue weighted by Gasteiger charge is 2.55. The van der Waals surface area contributed by atoms with Gasteiger partial charge in [-0.05, 0) is 24.4 Å². The quantitative estimate of drug-likeness (QED) is 0.0712. The van der Waals surface area contributed by atoms with E-state index in [1.807, 2.05) is 33.9 Å². The maximum Gasteiger partial charge on any atom is 0.442 e. The second kappa shape index (κ2) is 11.5. The second-order valence-corrected chi connectivity index (χ2v) is 11.9. The summed E-state index contributed by atoms with van der Waals surface area (Å²) in [6, 6.07) is -0.741. The molecule has 1 radical (unpaired) electrons. The van der Waals surface area contributed by atoms with Crippen molar-refractivity contribution in [2.24, 2.45) is 17.3 Å². The summed E-state index contributed by atoms with van der Waals surface area (Å²) < 4.78 is 10.7. The Balaban J connectivity index is 3.27. The van der Waals surface area contributed by atoms with Crippen LogP contribution in [0.4, 0.5) is 0 Å². The second-order valence-electron chi connectivity index (χ2n) is 8.48. The largest absolute Gasteiger partial charge is 0.453 e. The summed E-state index contributed by atoms with van der Waals surface area (Å²) in [4.78, 5) is 52.4. The van der Waals surface area contributed by atoms with E-state index in [1.165, 1.54) is 13.0 Å². The normalized spacial score (nSPS) is 20.0. The number of nitrogens with one attached hydrogen (secondary N) is 1. The summed E-state index contributed by atoms with van der Waals surface area (Å²) in [6.45, 7) is 14.7. The minimum absolute atomic E-state index is 0.181. The summed E-state index contributed by atoms with van der Waals surface area (Å²) >= 11 is 0.677. The number of carbonyl (C=O) groups excluding carboxylic acids is 4. The summed E-state index contributed by atoms with van der Waals surface area (Å²) in [7, 11) is -1.01. The molecule has 1 N–H and O–H groups in total. The van der Waals surface area contributed by atoms with E-state index in [4.69, 9.17) is 9.16 Å². The van der Waals surface area contributed by atoms with Crippen molar-refractivity contribution >= 4 is 49.3 Å². The third-order valence-electron chi connectivity index (χ3n) is 4.83. The molecule has 1 rings (SSSR count). The predicted molar refractivity (Wildman–Crippen MR) is 119 cm³/mol. The summed E-state index contributed by atoms with van der Waals surface area (Å²) in [5.74, 6) is -3.14. The van der Waals surface area contributed by atoms with Crippen LogP contribution in [-0.4, -0.2) is 66.8 Å². The molecular formula is C20H30N3O6SSi. The van der Waals surface area contributed by atoms with Crippen LogP contribution in [0.15, 0.2) is 12.7 Å². The van der Waals surface area contributed by atoms with Gasteiger partial charge < -0.3 is 20.0 Å². The van der Waals surface area contributed by atoms with Crippen molar-refractivity contribution in [3.63, 3.8) is 0 Å². The number of ketones is 1. The fourth-order valence-electron chi connectivity index (χ4n) is 3.26. The summed E-state index contributed by atoms with van der Waals surface area (Å²) in [6.07, 6.45) is 1.30. The Hall–Kier alpha value is -2.07. The molecular weight excluding hydrogens is 438 g/mol. The van der Waals surface area contributed by atoms with E-state index in [0.717, 1.165) is 0 Å². The van der Waals surface area contributed by atoms with Crippen LogP contribution >= 0.6 is 11.8 Å². The average Bonchev–Trinajstić information content (AvgIpc) is 2.64. The van der Waals surface area contributed by atoms with Crippen LogP contribution in [0.25, 0.3) is 5.53 Å². The first-order valence-corrected chi connectivity index (χ1v) is 13.1. The van der Waals surface area contributed by atoms with Crippen molar-refractivity contribution in [1.29, 1.82) is 0 Å². The fourth-order valence-corrected chi connectivity index (χ4v) is 4.73. The summed E-state index contributed by atoms with van der Waals surface area (Å²) in [5.41, 5.74) is 8.10. The van der Waals surface area contributed by atoms with Crippen LogP contribution in [0, 0.1) is 17.3 Å². The molecule has 31 heavy (non-hydrogen) atoms. The molecule has 1 fully saturated rings. The molecule has 0 aliphatic carbocycles. The van der Waals surface area contributed by atoms with E-state index >= 15 is 0 Å². The monoisotopic (exact) mass is 468 g/mol. The van der Waals surface area contributed by atoms with Gasteiger partial charge in [0.2, 0.25) is 14.9 Å². The van der Waals surface area contributed by atoms with E-state index in [0.29, 0.717) is 18.4 Å². The molecule has 1 heterocycles. The number of β-lactam (4-membered cyclic amide) rings is 1. The lowest BCUT2D eigenvalue weighted by Gasteiger charge is -2.48. The number of rotatable bonds is 11. The molecule has 9 nitrogen and oxygen atoms in total. The van der Waals surface area contributed by atoms with Gasteiger partial charge in [-0.2, -0.15) is 4.79 Å². The minimum atomic E-state index is -1.15. The molecule has 4 atom stereocenters. The van der Waals surface area contributed by atoms with E-state index < -0.39 is 43.7 Å². The number of carbonyl (C=O) groups is 4. The molecule has 0 aromatic rings. The van der Waals surface area contributed by atoms with Gasteiger partial charge in [0, 0.05) is 13.5 Å². The Morgan fingerprint density at radius 2 is 1.97 bits per heavy atom. The molecule has 0 aromatic heterocycles. The number of amides is 1. The van der Waals surface area contributed by atoms with E-state index in [2.05, 4.69) is 16.7 Å². The predicted octanol–water partition coefficient (Wildman–Crippen LogP) is 1.65. The highest BCUT2D eigenvalue weighted by Crippen LogP contribution is 2.41. The fraction of sp³-hybridized carbons (Fsp3) is 0.650. The Morgan fingerprint density at radius 1 is 1.35 bits per heavy atom. The zero-order valence-electron chi connectivity index (χ0n) is 18.8. The molecule has 1 aliphatic rings. The SMILES string of the molecule is C=CCOC(=O)C(=[N+]=[N-])C(=O)C(SC(C)=O)C1NC(=O)C1C(CO[Si](C)C)C(C)(C)C. The standard InChI is InChI=1S/C20H30N3O6SSi/c1-8-9-28-19(27)15(23-21)16(25)17(30-11(2)24)14-13(18(26)22-14)12(20(3,4)5)10-29-31(6)7/h8,12-14,17H,1,9-10H2,2-7H3,(H,22,26). The number of nitrogens with zero attached hydrogens (tertiary/aromatic N) is 2. The lowest BCUT2D eigenvalue weighted by molar-refractivity contribution is -0.144. The van der Waals surface area contributed by atoms with Crippen molar-refractivity contribution in [2.75, 3.05) is 13.2 Å². The maximum absolute atomic E-state index is 13.1. The van der Waals surface area contributed by atoms with Crippen molar-refractivity contribution < 1.29 is 33.1 Å². The highest BCUT2D eigenvalue weighted by atomic mass is 32.2. The Labute approximate surface area is 188 Å². The van der Waals surface area contributed by atoms with Crippen LogP contribution in [0.2, 0.25) is 13.1 Å². The number of thioether (sulfide) groups is 1. The Bertz CT molecular complexity index is 788. The number of hydrogen-bond acceptors (Lipinski definition) is 7. The van der Waals surface area contributed by atoms with Crippen LogP contribution in [0.1, 0.15) is 27.7 Å². The van der Waals surface area contributed by atoms with Crippen molar-refractivity contribution in [2.45, 2.75) is 52.1 Å².